The fourth-order valence-corrected chi connectivity index (χ4v) is 2.46. The molecule has 7 heteroatoms. The highest BCUT2D eigenvalue weighted by Crippen LogP contribution is 2.41. The fourth-order valence-electron chi connectivity index (χ4n) is 2.46. The Bertz CT molecular complexity index is 477. The molecule has 2 saturated heterocycles. The predicted octanol–water partition coefficient (Wildman–Crippen LogP) is 1.07. The summed E-state index contributed by atoms with van der Waals surface area (Å²) in [5, 5.41) is 9.84. The van der Waals surface area contributed by atoms with Gasteiger partial charge in [-0.3, -0.25) is 0 Å². The normalized spacial score (nSPS) is 32.5. The van der Waals surface area contributed by atoms with Crippen LogP contribution in [0, 0.1) is 5.92 Å². The molecule has 2 fully saturated rings. The second-order valence-electron chi connectivity index (χ2n) is 4.70. The van der Waals surface area contributed by atoms with Crippen LogP contribution in [-0.2, 0) is 14.2 Å². The molecule has 0 radical (unpaired) electrons. The molecule has 20 heavy (non-hydrogen) atoms. The summed E-state index contributed by atoms with van der Waals surface area (Å²) in [6.45, 7) is 0.474. The van der Waals surface area contributed by atoms with Crippen LogP contribution in [0.4, 0.5) is 4.79 Å². The van der Waals surface area contributed by atoms with Crippen LogP contribution in [0.15, 0.2) is 24.4 Å². The molecule has 3 atom stereocenters. The van der Waals surface area contributed by atoms with Gasteiger partial charge in [-0.1, -0.05) is 6.07 Å². The van der Waals surface area contributed by atoms with E-state index in [1.54, 1.807) is 12.1 Å². The summed E-state index contributed by atoms with van der Waals surface area (Å²) in [7, 11) is 0. The highest BCUT2D eigenvalue weighted by Gasteiger charge is 2.56. The molecule has 3 rings (SSSR count). The average molecular weight is 281 g/mol. The summed E-state index contributed by atoms with van der Waals surface area (Å²) in [4.78, 5) is 15.7. The summed E-state index contributed by atoms with van der Waals surface area (Å²) in [5.74, 6) is -1.81. The molecule has 0 bridgehead atoms. The maximum absolute atomic E-state index is 11.8. The van der Waals surface area contributed by atoms with E-state index < -0.39 is 24.2 Å². The van der Waals surface area contributed by atoms with E-state index in [2.05, 4.69) is 4.98 Å². The number of aromatic nitrogens is 1. The van der Waals surface area contributed by atoms with E-state index in [4.69, 9.17) is 18.9 Å². The van der Waals surface area contributed by atoms with Crippen molar-refractivity contribution in [1.82, 2.24) is 4.98 Å². The predicted molar refractivity (Wildman–Crippen MR) is 64.7 cm³/mol. The third-order valence-corrected chi connectivity index (χ3v) is 3.39. The number of rotatable bonds is 2. The minimum Gasteiger partial charge on any atom is -0.390 e. The van der Waals surface area contributed by atoms with E-state index in [0.29, 0.717) is 13.0 Å². The Hall–Kier alpha value is -1.70. The molecule has 2 aliphatic heterocycles. The van der Waals surface area contributed by atoms with Crippen LogP contribution in [0.3, 0.4) is 0 Å². The minimum absolute atomic E-state index is 0.0710. The zero-order chi connectivity index (χ0) is 14.0. The summed E-state index contributed by atoms with van der Waals surface area (Å²) < 4.78 is 20.9. The molecular weight excluding hydrogens is 266 g/mol. The smallest absolute Gasteiger partial charge is 0.390 e. The van der Waals surface area contributed by atoms with Gasteiger partial charge in [-0.15, -0.1) is 0 Å². The first-order valence-electron chi connectivity index (χ1n) is 6.47. The van der Waals surface area contributed by atoms with E-state index in [-0.39, 0.29) is 12.5 Å². The SMILES string of the molecule is O=C(Oc1ccccn1)OC12OCCCC1C(O)CO2. The van der Waals surface area contributed by atoms with Gasteiger partial charge in [-0.25, -0.2) is 9.78 Å². The van der Waals surface area contributed by atoms with Gasteiger partial charge in [0.2, 0.25) is 5.88 Å². The van der Waals surface area contributed by atoms with Gasteiger partial charge in [0.15, 0.2) is 0 Å². The number of nitrogens with zero attached hydrogens (tertiary/aromatic N) is 1. The molecule has 1 aromatic heterocycles. The second-order valence-corrected chi connectivity index (χ2v) is 4.70. The number of ether oxygens (including phenoxy) is 4. The van der Waals surface area contributed by atoms with Gasteiger partial charge >= 0.3 is 12.1 Å². The molecule has 0 amide bonds. The zero-order valence-corrected chi connectivity index (χ0v) is 10.7. The van der Waals surface area contributed by atoms with E-state index in [0.717, 1.165) is 6.42 Å². The number of fused-ring (bicyclic) bond motifs is 1. The van der Waals surface area contributed by atoms with Gasteiger partial charge in [0.25, 0.3) is 0 Å². The lowest BCUT2D eigenvalue weighted by atomic mass is 9.95. The average Bonchev–Trinajstić information content (AvgIpc) is 2.77. The van der Waals surface area contributed by atoms with Crippen LogP contribution in [0.25, 0.3) is 0 Å². The lowest BCUT2D eigenvalue weighted by Gasteiger charge is -2.36. The van der Waals surface area contributed by atoms with Gasteiger partial charge in [0.1, 0.15) is 0 Å². The molecule has 7 nitrogen and oxygen atoms in total. The van der Waals surface area contributed by atoms with Crippen LogP contribution in [0.1, 0.15) is 12.8 Å². The number of carbonyl (C=O) groups is 1. The Morgan fingerprint density at radius 1 is 1.45 bits per heavy atom. The molecule has 108 valence electrons. The lowest BCUT2D eigenvalue weighted by molar-refractivity contribution is -0.369. The Balaban J connectivity index is 1.68. The largest absolute Gasteiger partial charge is 0.519 e. The molecule has 3 heterocycles. The van der Waals surface area contributed by atoms with Gasteiger partial charge in [0.05, 0.1) is 25.2 Å². The maximum Gasteiger partial charge on any atom is 0.519 e. The molecule has 2 aliphatic rings. The molecule has 0 aliphatic carbocycles. The van der Waals surface area contributed by atoms with Crippen molar-refractivity contribution < 1.29 is 28.8 Å². The number of pyridine rings is 1. The first kappa shape index (κ1) is 13.3. The van der Waals surface area contributed by atoms with Crippen LogP contribution in [-0.4, -0.2) is 41.5 Å². The van der Waals surface area contributed by atoms with E-state index in [9.17, 15) is 9.90 Å². The molecule has 0 spiro atoms. The summed E-state index contributed by atoms with van der Waals surface area (Å²) in [6.07, 6.45) is 1.27. The van der Waals surface area contributed by atoms with Crippen molar-refractivity contribution in [3.05, 3.63) is 24.4 Å². The summed E-state index contributed by atoms with van der Waals surface area (Å²) in [5.41, 5.74) is 0. The van der Waals surface area contributed by atoms with Crippen LogP contribution in [0.2, 0.25) is 0 Å². The molecule has 3 unspecified atom stereocenters. The first-order chi connectivity index (χ1) is 9.70. The first-order valence-corrected chi connectivity index (χ1v) is 6.47. The third-order valence-electron chi connectivity index (χ3n) is 3.39. The zero-order valence-electron chi connectivity index (χ0n) is 10.7. The monoisotopic (exact) mass is 281 g/mol. The molecule has 1 N–H and O–H groups in total. The number of hydrogen-bond acceptors (Lipinski definition) is 7. The Labute approximate surface area is 115 Å². The quantitative estimate of drug-likeness (QED) is 0.811. The Morgan fingerprint density at radius 3 is 3.15 bits per heavy atom. The highest BCUT2D eigenvalue weighted by molar-refractivity contribution is 5.63. The highest BCUT2D eigenvalue weighted by atomic mass is 16.9. The fraction of sp³-hybridized carbons (Fsp3) is 0.538. The Morgan fingerprint density at radius 2 is 2.35 bits per heavy atom. The summed E-state index contributed by atoms with van der Waals surface area (Å²) in [6, 6.07) is 4.92. The van der Waals surface area contributed by atoms with Crippen LogP contribution < -0.4 is 4.74 Å². The van der Waals surface area contributed by atoms with E-state index in [1.165, 1.54) is 12.3 Å². The molecule has 0 saturated carbocycles. The van der Waals surface area contributed by atoms with Gasteiger partial charge in [0, 0.05) is 12.3 Å². The van der Waals surface area contributed by atoms with E-state index >= 15 is 0 Å². The minimum atomic E-state index is -1.54. The maximum atomic E-state index is 11.8. The summed E-state index contributed by atoms with van der Waals surface area (Å²) >= 11 is 0. The van der Waals surface area contributed by atoms with Crippen molar-refractivity contribution in [2.24, 2.45) is 5.92 Å². The molecule has 1 aromatic rings. The standard InChI is InChI=1S/C13H15NO6/c15-10-8-18-13(9(10)4-3-7-17-13)20-12(16)19-11-5-1-2-6-14-11/h1-2,5-6,9-10,15H,3-4,7-8H2. The molecular formula is C13H15NO6. The lowest BCUT2D eigenvalue weighted by Crippen LogP contribution is -2.48. The van der Waals surface area contributed by atoms with Crippen molar-refractivity contribution in [3.63, 3.8) is 0 Å². The van der Waals surface area contributed by atoms with Crippen molar-refractivity contribution in [2.45, 2.75) is 24.9 Å². The van der Waals surface area contributed by atoms with Crippen molar-refractivity contribution in [1.29, 1.82) is 0 Å². The van der Waals surface area contributed by atoms with Gasteiger partial charge < -0.3 is 24.1 Å². The van der Waals surface area contributed by atoms with Crippen molar-refractivity contribution in [2.75, 3.05) is 13.2 Å². The third kappa shape index (κ3) is 2.47. The topological polar surface area (TPSA) is 87.1 Å². The van der Waals surface area contributed by atoms with Crippen LogP contribution in [0.5, 0.6) is 5.88 Å². The Kier molecular flexibility index (Phi) is 3.56. The number of aliphatic hydroxyl groups excluding tert-OH is 1. The number of hydrogen-bond donors (Lipinski definition) is 1. The number of aliphatic hydroxyl groups is 1. The van der Waals surface area contributed by atoms with Crippen LogP contribution >= 0.6 is 0 Å². The van der Waals surface area contributed by atoms with Gasteiger partial charge in [-0.05, 0) is 18.9 Å². The number of carbonyl (C=O) groups excluding carboxylic acids is 1. The van der Waals surface area contributed by atoms with E-state index in [1.807, 2.05) is 0 Å². The van der Waals surface area contributed by atoms with Crippen molar-refractivity contribution >= 4 is 6.16 Å². The van der Waals surface area contributed by atoms with Gasteiger partial charge in [-0.2, -0.15) is 0 Å². The molecule has 0 aromatic carbocycles. The second kappa shape index (κ2) is 5.35. The van der Waals surface area contributed by atoms with Crippen molar-refractivity contribution in [3.8, 4) is 5.88 Å².